The van der Waals surface area contributed by atoms with E-state index in [0.717, 1.165) is 12.2 Å². The van der Waals surface area contributed by atoms with E-state index in [2.05, 4.69) is 6.92 Å². The van der Waals surface area contributed by atoms with Crippen molar-refractivity contribution in [2.75, 3.05) is 18.8 Å². The SMILES string of the molecule is CCC1CN(S(=O)(=O)c2c(C)oc(C)c2CCl)CCS1. The summed E-state index contributed by atoms with van der Waals surface area (Å²) < 4.78 is 32.8. The highest BCUT2D eigenvalue weighted by molar-refractivity contribution is 8.00. The number of hydrogen-bond donors (Lipinski definition) is 0. The molecule has 0 saturated carbocycles. The van der Waals surface area contributed by atoms with Gasteiger partial charge in [-0.15, -0.1) is 11.6 Å². The molecule has 0 radical (unpaired) electrons. The Morgan fingerprint density at radius 1 is 1.40 bits per heavy atom. The predicted molar refractivity (Wildman–Crippen MR) is 83.0 cm³/mol. The monoisotopic (exact) mass is 337 g/mol. The van der Waals surface area contributed by atoms with E-state index in [1.54, 1.807) is 18.2 Å². The summed E-state index contributed by atoms with van der Waals surface area (Å²) in [4.78, 5) is 0.270. The number of sulfonamides is 1. The van der Waals surface area contributed by atoms with Gasteiger partial charge in [0.1, 0.15) is 16.4 Å². The number of alkyl halides is 1. The number of rotatable bonds is 4. The fourth-order valence-electron chi connectivity index (χ4n) is 2.49. The van der Waals surface area contributed by atoms with E-state index in [-0.39, 0.29) is 10.8 Å². The summed E-state index contributed by atoms with van der Waals surface area (Å²) in [5, 5.41) is 0.367. The maximum Gasteiger partial charge on any atom is 0.246 e. The number of furan rings is 1. The molecule has 7 heteroatoms. The zero-order valence-electron chi connectivity index (χ0n) is 12.0. The van der Waals surface area contributed by atoms with E-state index in [4.69, 9.17) is 16.0 Å². The van der Waals surface area contributed by atoms with Gasteiger partial charge in [-0.3, -0.25) is 0 Å². The number of halogens is 1. The standard InChI is InChI=1S/C13H20ClNO3S2/c1-4-11-8-15(5-6-19-11)20(16,17)13-10(3)18-9(2)12(13)7-14/h11H,4-8H2,1-3H3. The summed E-state index contributed by atoms with van der Waals surface area (Å²) in [6.45, 7) is 6.64. The molecule has 1 aliphatic rings. The van der Waals surface area contributed by atoms with Gasteiger partial charge in [-0.1, -0.05) is 6.92 Å². The zero-order valence-corrected chi connectivity index (χ0v) is 14.4. The second-order valence-electron chi connectivity index (χ2n) is 4.92. The first-order chi connectivity index (χ1) is 9.41. The van der Waals surface area contributed by atoms with E-state index in [9.17, 15) is 8.42 Å². The Labute approximate surface area is 129 Å². The highest BCUT2D eigenvalue weighted by atomic mass is 35.5. The highest BCUT2D eigenvalue weighted by Gasteiger charge is 2.34. The zero-order chi connectivity index (χ0) is 14.9. The lowest BCUT2D eigenvalue weighted by molar-refractivity contribution is 0.413. The molecule has 4 nitrogen and oxygen atoms in total. The lowest BCUT2D eigenvalue weighted by Gasteiger charge is -2.31. The molecule has 0 aliphatic carbocycles. The largest absolute Gasteiger partial charge is 0.465 e. The minimum absolute atomic E-state index is 0.150. The molecule has 2 heterocycles. The Morgan fingerprint density at radius 2 is 2.10 bits per heavy atom. The number of thioether (sulfide) groups is 1. The van der Waals surface area contributed by atoms with Gasteiger partial charge in [0.25, 0.3) is 0 Å². The van der Waals surface area contributed by atoms with Crippen LogP contribution in [0.5, 0.6) is 0 Å². The molecule has 2 rings (SSSR count). The fourth-order valence-corrected chi connectivity index (χ4v) is 6.18. The van der Waals surface area contributed by atoms with Gasteiger partial charge in [-0.25, -0.2) is 8.42 Å². The molecule has 1 aliphatic heterocycles. The Hall–Kier alpha value is -0.170. The highest BCUT2D eigenvalue weighted by Crippen LogP contribution is 2.33. The summed E-state index contributed by atoms with van der Waals surface area (Å²) in [6.07, 6.45) is 0.975. The van der Waals surface area contributed by atoms with E-state index in [1.165, 1.54) is 0 Å². The first kappa shape index (κ1) is 16.2. The van der Waals surface area contributed by atoms with Gasteiger partial charge in [-0.2, -0.15) is 16.1 Å². The van der Waals surface area contributed by atoms with Gasteiger partial charge in [0.2, 0.25) is 10.0 Å². The topological polar surface area (TPSA) is 50.5 Å². The third-order valence-corrected chi connectivity index (χ3v) is 7.31. The first-order valence-electron chi connectivity index (χ1n) is 6.68. The molecule has 0 amide bonds. The summed E-state index contributed by atoms with van der Waals surface area (Å²) in [6, 6.07) is 0. The molecular formula is C13H20ClNO3S2. The van der Waals surface area contributed by atoms with Crippen molar-refractivity contribution in [1.29, 1.82) is 0 Å². The van der Waals surface area contributed by atoms with Crippen molar-refractivity contribution in [2.24, 2.45) is 0 Å². The summed E-state index contributed by atoms with van der Waals surface area (Å²) >= 11 is 7.75. The number of hydrogen-bond acceptors (Lipinski definition) is 4. The van der Waals surface area contributed by atoms with Gasteiger partial charge in [0, 0.05) is 29.7 Å². The van der Waals surface area contributed by atoms with Crippen molar-refractivity contribution < 1.29 is 12.8 Å². The molecule has 1 unspecified atom stereocenters. The summed E-state index contributed by atoms with van der Waals surface area (Å²) in [5.74, 6) is 2.01. The van der Waals surface area contributed by atoms with Crippen LogP contribution in [-0.4, -0.2) is 36.8 Å². The molecule has 0 bridgehead atoms. The van der Waals surface area contributed by atoms with Crippen molar-refractivity contribution in [2.45, 2.75) is 43.2 Å². The van der Waals surface area contributed by atoms with Crippen LogP contribution in [0.2, 0.25) is 0 Å². The van der Waals surface area contributed by atoms with Gasteiger partial charge in [0.05, 0.1) is 5.88 Å². The molecular weight excluding hydrogens is 318 g/mol. The second-order valence-corrected chi connectivity index (χ2v) is 8.47. The Morgan fingerprint density at radius 3 is 2.70 bits per heavy atom. The third kappa shape index (κ3) is 2.89. The van der Waals surface area contributed by atoms with Crippen molar-refractivity contribution >= 4 is 33.4 Å². The van der Waals surface area contributed by atoms with E-state index < -0.39 is 10.0 Å². The molecule has 0 aromatic carbocycles. The van der Waals surface area contributed by atoms with Crippen LogP contribution in [0.4, 0.5) is 0 Å². The van der Waals surface area contributed by atoms with Crippen LogP contribution in [-0.2, 0) is 15.9 Å². The second kappa shape index (κ2) is 6.30. The van der Waals surface area contributed by atoms with Crippen LogP contribution < -0.4 is 0 Å². The summed E-state index contributed by atoms with van der Waals surface area (Å²) in [5.41, 5.74) is 0.593. The van der Waals surface area contributed by atoms with Crippen molar-refractivity contribution in [1.82, 2.24) is 4.31 Å². The first-order valence-corrected chi connectivity index (χ1v) is 9.70. The number of aryl methyl sites for hydroxylation is 2. The minimum atomic E-state index is -3.52. The lowest BCUT2D eigenvalue weighted by Crippen LogP contribution is -2.42. The maximum absolute atomic E-state index is 12.9. The van der Waals surface area contributed by atoms with Crippen molar-refractivity contribution in [3.05, 3.63) is 17.1 Å². The van der Waals surface area contributed by atoms with E-state index in [0.29, 0.717) is 35.4 Å². The predicted octanol–water partition coefficient (Wildman–Crippen LogP) is 3.15. The van der Waals surface area contributed by atoms with Gasteiger partial charge in [0.15, 0.2) is 0 Å². The van der Waals surface area contributed by atoms with Gasteiger partial charge < -0.3 is 4.42 Å². The quantitative estimate of drug-likeness (QED) is 0.792. The van der Waals surface area contributed by atoms with E-state index >= 15 is 0 Å². The smallest absolute Gasteiger partial charge is 0.246 e. The van der Waals surface area contributed by atoms with Crippen LogP contribution in [0.15, 0.2) is 9.31 Å². The average Bonchev–Trinajstić information content (AvgIpc) is 2.73. The Kier molecular flexibility index (Phi) is 5.10. The molecule has 20 heavy (non-hydrogen) atoms. The Balaban J connectivity index is 2.40. The molecule has 0 N–H and O–H groups in total. The van der Waals surface area contributed by atoms with Crippen LogP contribution in [0.1, 0.15) is 30.4 Å². The van der Waals surface area contributed by atoms with E-state index in [1.807, 2.05) is 11.8 Å². The minimum Gasteiger partial charge on any atom is -0.465 e. The normalized spacial score (nSPS) is 21.3. The lowest BCUT2D eigenvalue weighted by atomic mass is 10.3. The molecule has 114 valence electrons. The Bertz CT molecular complexity index is 583. The number of nitrogens with zero attached hydrogens (tertiary/aromatic N) is 1. The summed E-state index contributed by atoms with van der Waals surface area (Å²) in [7, 11) is -3.52. The van der Waals surface area contributed by atoms with Crippen LogP contribution >= 0.6 is 23.4 Å². The average molecular weight is 338 g/mol. The van der Waals surface area contributed by atoms with Crippen LogP contribution in [0, 0.1) is 13.8 Å². The molecule has 1 fully saturated rings. The molecule has 0 spiro atoms. The molecule has 1 atom stereocenters. The molecule has 1 saturated heterocycles. The van der Waals surface area contributed by atoms with Crippen LogP contribution in [0.3, 0.4) is 0 Å². The molecule has 1 aromatic rings. The van der Waals surface area contributed by atoms with Crippen molar-refractivity contribution in [3.8, 4) is 0 Å². The fraction of sp³-hybridized carbons (Fsp3) is 0.692. The molecule has 1 aromatic heterocycles. The van der Waals surface area contributed by atoms with Crippen molar-refractivity contribution in [3.63, 3.8) is 0 Å². The van der Waals surface area contributed by atoms with Crippen LogP contribution in [0.25, 0.3) is 0 Å². The van der Waals surface area contributed by atoms with Gasteiger partial charge in [-0.05, 0) is 20.3 Å². The third-order valence-electron chi connectivity index (χ3n) is 3.61. The maximum atomic E-state index is 12.9. The van der Waals surface area contributed by atoms with Gasteiger partial charge >= 0.3 is 0 Å².